The van der Waals surface area contributed by atoms with Crippen molar-refractivity contribution in [1.82, 2.24) is 0 Å². The van der Waals surface area contributed by atoms with Crippen LogP contribution < -0.4 is 0 Å². The van der Waals surface area contributed by atoms with Crippen molar-refractivity contribution in [2.75, 3.05) is 0 Å². The summed E-state index contributed by atoms with van der Waals surface area (Å²) in [5.41, 5.74) is 10.4. The summed E-state index contributed by atoms with van der Waals surface area (Å²) in [4.78, 5) is 0. The fraction of sp³-hybridized carbons (Fsp3) is 0.149. The van der Waals surface area contributed by atoms with Gasteiger partial charge in [-0.3, -0.25) is 0 Å². The second-order valence-corrected chi connectivity index (χ2v) is 11.0. The summed E-state index contributed by atoms with van der Waals surface area (Å²) >= 11 is 0. The first kappa shape index (κ1) is 36.3. The fourth-order valence-corrected chi connectivity index (χ4v) is 5.17. The summed E-state index contributed by atoms with van der Waals surface area (Å²) in [7, 11) is 0. The Hall–Kier alpha value is -5.20. The van der Waals surface area contributed by atoms with Gasteiger partial charge in [0, 0.05) is 0 Å². The summed E-state index contributed by atoms with van der Waals surface area (Å²) in [5.74, 6) is 0. The molecule has 7 aromatic carbocycles. The molecule has 7 aromatic rings. The van der Waals surface area contributed by atoms with Crippen molar-refractivity contribution in [3.63, 3.8) is 0 Å². The number of benzene rings is 7. The molecule has 0 radical (unpaired) electrons. The van der Waals surface area contributed by atoms with Crippen LogP contribution in [-0.2, 0) is 0 Å². The highest BCUT2D eigenvalue weighted by Crippen LogP contribution is 2.34. The lowest BCUT2D eigenvalue weighted by atomic mass is 9.91. The maximum absolute atomic E-state index is 2.24. The Morgan fingerprint density at radius 3 is 1.30 bits per heavy atom. The average molecular weight is 615 g/mol. The molecule has 0 spiro atoms. The number of aryl methyl sites for hydroxylation is 2. The topological polar surface area (TPSA) is 0 Å². The maximum Gasteiger partial charge on any atom is -0.00761 e. The van der Waals surface area contributed by atoms with Crippen molar-refractivity contribution in [2.45, 2.75) is 48.0 Å². The average Bonchev–Trinajstić information content (AvgIpc) is 3.15. The van der Waals surface area contributed by atoms with Gasteiger partial charge in [0.15, 0.2) is 0 Å². The van der Waals surface area contributed by atoms with E-state index in [1.54, 1.807) is 0 Å². The van der Waals surface area contributed by atoms with Gasteiger partial charge in [0.1, 0.15) is 0 Å². The molecule has 0 unspecified atom stereocenters. The highest BCUT2D eigenvalue weighted by molar-refractivity contribution is 5.97. The van der Waals surface area contributed by atoms with E-state index in [9.17, 15) is 0 Å². The molecule has 0 nitrogen and oxygen atoms in total. The lowest BCUT2D eigenvalue weighted by Gasteiger charge is -2.13. The van der Waals surface area contributed by atoms with Crippen LogP contribution in [0.25, 0.3) is 44.2 Å². The van der Waals surface area contributed by atoms with E-state index in [1.165, 1.54) is 61.7 Å². The van der Waals surface area contributed by atoms with Crippen molar-refractivity contribution in [3.8, 4) is 33.4 Å². The highest BCUT2D eigenvalue weighted by atomic mass is 14.1. The zero-order valence-electron chi connectivity index (χ0n) is 29.0. The first-order valence-corrected chi connectivity index (χ1v) is 16.9. The lowest BCUT2D eigenvalue weighted by Crippen LogP contribution is -1.88. The Labute approximate surface area is 284 Å². The minimum atomic E-state index is 1.25. The third-order valence-electron chi connectivity index (χ3n) is 7.21. The Morgan fingerprint density at radius 2 is 0.787 bits per heavy atom. The van der Waals surface area contributed by atoms with Gasteiger partial charge < -0.3 is 0 Å². The van der Waals surface area contributed by atoms with E-state index in [0.717, 1.165) is 0 Å². The standard InChI is InChI=1S/C19H16.C17H14.C6H6.C3H8.C2H6/c1-15-9-8-14-18(16-10-4-2-5-11-16)19(15)17-12-6-3-7-13-17;1-13-10-11-17-15(12-13)8-5-9-16(17)14-6-3-2-4-7-14;1-2-4-6-5-3-1;1-3-2;1-2/h2-14H,1H3;2-12H,1H3;1-6H;3H2,1-2H3;1-2H3. The van der Waals surface area contributed by atoms with Crippen LogP contribution >= 0.6 is 0 Å². The second-order valence-electron chi connectivity index (χ2n) is 11.0. The Balaban J connectivity index is 0.000000196. The van der Waals surface area contributed by atoms with Gasteiger partial charge in [0.25, 0.3) is 0 Å². The summed E-state index contributed by atoms with van der Waals surface area (Å²) in [5, 5.41) is 2.63. The third kappa shape index (κ3) is 11.3. The zero-order chi connectivity index (χ0) is 33.7. The largest absolute Gasteiger partial charge is 0.0683 e. The molecule has 238 valence electrons. The molecule has 0 aliphatic heterocycles. The van der Waals surface area contributed by atoms with Crippen LogP contribution in [0.15, 0.2) is 182 Å². The predicted octanol–water partition coefficient (Wildman–Crippen LogP) is 14.3. The van der Waals surface area contributed by atoms with Crippen molar-refractivity contribution < 1.29 is 0 Å². The van der Waals surface area contributed by atoms with Gasteiger partial charge in [0.05, 0.1) is 0 Å². The molecule has 0 bridgehead atoms. The van der Waals surface area contributed by atoms with Crippen LogP contribution in [0.2, 0.25) is 0 Å². The summed E-state index contributed by atoms with van der Waals surface area (Å²) in [6.45, 7) is 12.6. The molecule has 0 saturated heterocycles. The van der Waals surface area contributed by atoms with E-state index in [2.05, 4.69) is 173 Å². The van der Waals surface area contributed by atoms with E-state index in [0.29, 0.717) is 0 Å². The van der Waals surface area contributed by atoms with Gasteiger partial charge in [-0.05, 0) is 63.6 Å². The molecule has 0 aromatic heterocycles. The molecule has 0 fully saturated rings. The van der Waals surface area contributed by atoms with Gasteiger partial charge in [0.2, 0.25) is 0 Å². The number of rotatable bonds is 3. The summed E-state index contributed by atoms with van der Waals surface area (Å²) < 4.78 is 0. The van der Waals surface area contributed by atoms with Crippen LogP contribution in [0, 0.1) is 13.8 Å². The SMILES string of the molecule is CC.CCC.Cc1ccc2c(-c3ccccc3)cccc2c1.Cc1cccc(-c2ccccc2)c1-c1ccccc1.c1ccccc1. The number of hydrogen-bond acceptors (Lipinski definition) is 0. The van der Waals surface area contributed by atoms with E-state index >= 15 is 0 Å². The second kappa shape index (κ2) is 20.8. The van der Waals surface area contributed by atoms with E-state index in [-0.39, 0.29) is 0 Å². The molecule has 0 saturated carbocycles. The van der Waals surface area contributed by atoms with Crippen molar-refractivity contribution in [3.05, 3.63) is 193 Å². The smallest absolute Gasteiger partial charge is 0.00761 e. The fourth-order valence-electron chi connectivity index (χ4n) is 5.17. The van der Waals surface area contributed by atoms with Crippen molar-refractivity contribution in [1.29, 1.82) is 0 Å². The molecule has 0 heterocycles. The van der Waals surface area contributed by atoms with Gasteiger partial charge in [-0.15, -0.1) is 0 Å². The van der Waals surface area contributed by atoms with Crippen LogP contribution in [0.4, 0.5) is 0 Å². The van der Waals surface area contributed by atoms with Crippen LogP contribution in [0.3, 0.4) is 0 Å². The minimum Gasteiger partial charge on any atom is -0.0683 e. The summed E-state index contributed by atoms with van der Waals surface area (Å²) in [6.07, 6.45) is 1.25. The van der Waals surface area contributed by atoms with Gasteiger partial charge >= 0.3 is 0 Å². The van der Waals surface area contributed by atoms with Crippen LogP contribution in [-0.4, -0.2) is 0 Å². The molecule has 0 aliphatic rings. The molecule has 0 atom stereocenters. The van der Waals surface area contributed by atoms with E-state index < -0.39 is 0 Å². The number of hydrogen-bond donors (Lipinski definition) is 0. The van der Waals surface area contributed by atoms with Crippen molar-refractivity contribution in [2.24, 2.45) is 0 Å². The van der Waals surface area contributed by atoms with Gasteiger partial charge in [-0.2, -0.15) is 0 Å². The molecule has 47 heavy (non-hydrogen) atoms. The Morgan fingerprint density at radius 1 is 0.383 bits per heavy atom. The number of fused-ring (bicyclic) bond motifs is 1. The summed E-state index contributed by atoms with van der Waals surface area (Å²) in [6, 6.07) is 63.3. The first-order valence-electron chi connectivity index (χ1n) is 16.9. The quantitative estimate of drug-likeness (QED) is 0.186. The molecule has 0 aliphatic carbocycles. The van der Waals surface area contributed by atoms with Crippen LogP contribution in [0.1, 0.15) is 45.2 Å². The molecule has 0 amide bonds. The van der Waals surface area contributed by atoms with Gasteiger partial charge in [-0.25, -0.2) is 0 Å². The third-order valence-corrected chi connectivity index (χ3v) is 7.21. The van der Waals surface area contributed by atoms with E-state index in [1.807, 2.05) is 50.2 Å². The monoisotopic (exact) mass is 614 g/mol. The Bertz CT molecular complexity index is 1790. The highest BCUT2D eigenvalue weighted by Gasteiger charge is 2.09. The molecule has 0 heteroatoms. The first-order chi connectivity index (χ1) is 23.1. The lowest BCUT2D eigenvalue weighted by molar-refractivity contribution is 1.09. The van der Waals surface area contributed by atoms with E-state index in [4.69, 9.17) is 0 Å². The molecule has 0 N–H and O–H groups in total. The Kier molecular flexibility index (Phi) is 16.0. The molecular formula is C47H50. The zero-order valence-corrected chi connectivity index (χ0v) is 29.0. The van der Waals surface area contributed by atoms with Crippen LogP contribution in [0.5, 0.6) is 0 Å². The van der Waals surface area contributed by atoms with Crippen molar-refractivity contribution >= 4 is 10.8 Å². The maximum atomic E-state index is 2.24. The molecular weight excluding hydrogens is 565 g/mol. The van der Waals surface area contributed by atoms with Gasteiger partial charge in [-0.1, -0.05) is 222 Å². The predicted molar refractivity (Wildman–Crippen MR) is 210 cm³/mol. The normalized spacial score (nSPS) is 9.57. The molecule has 7 rings (SSSR count). The minimum absolute atomic E-state index is 1.25.